The molecule has 0 aliphatic carbocycles. The molecule has 1 aromatic heterocycles. The van der Waals surface area contributed by atoms with Gasteiger partial charge in [-0.25, -0.2) is 9.79 Å². The predicted octanol–water partition coefficient (Wildman–Crippen LogP) is 1.55. The van der Waals surface area contributed by atoms with Gasteiger partial charge in [-0.1, -0.05) is 0 Å². The highest BCUT2D eigenvalue weighted by molar-refractivity contribution is 14.0. The Labute approximate surface area is 139 Å². The Bertz CT molecular complexity index is 472. The van der Waals surface area contributed by atoms with E-state index in [0.29, 0.717) is 18.3 Å². The summed E-state index contributed by atoms with van der Waals surface area (Å²) in [5.41, 5.74) is 5.92. The van der Waals surface area contributed by atoms with Crippen molar-refractivity contribution in [1.82, 2.24) is 4.90 Å². The highest BCUT2D eigenvalue weighted by Gasteiger charge is 2.13. The number of guanidine groups is 1. The largest absolute Gasteiger partial charge is 0.463 e. The summed E-state index contributed by atoms with van der Waals surface area (Å²) in [5, 5.41) is 0. The van der Waals surface area contributed by atoms with Crippen LogP contribution in [-0.2, 0) is 11.3 Å². The summed E-state index contributed by atoms with van der Waals surface area (Å²) in [4.78, 5) is 17.6. The molecular formula is C12H18IN3O3S. The summed E-state index contributed by atoms with van der Waals surface area (Å²) in [5.74, 6) is 2.95. The van der Waals surface area contributed by atoms with Crippen LogP contribution in [0, 0.1) is 0 Å². The van der Waals surface area contributed by atoms with E-state index in [1.54, 1.807) is 12.1 Å². The normalized spacial score (nSPS) is 15.7. The number of rotatable bonds is 3. The number of nitrogens with two attached hydrogens (primary N) is 1. The van der Waals surface area contributed by atoms with E-state index < -0.39 is 5.97 Å². The number of furan rings is 1. The molecule has 20 heavy (non-hydrogen) atoms. The van der Waals surface area contributed by atoms with E-state index in [0.717, 1.165) is 24.6 Å². The molecule has 1 aromatic rings. The first kappa shape index (κ1) is 17.2. The SMILES string of the molecule is COC(=O)c1ccc(CN=C(N)N2CCSCC2)o1.I. The van der Waals surface area contributed by atoms with Gasteiger partial charge in [0.2, 0.25) is 5.76 Å². The molecule has 0 amide bonds. The number of halogens is 1. The van der Waals surface area contributed by atoms with Crippen LogP contribution in [-0.4, -0.2) is 48.5 Å². The number of hydrogen-bond acceptors (Lipinski definition) is 5. The third-order valence-corrected chi connectivity index (χ3v) is 3.72. The zero-order valence-electron chi connectivity index (χ0n) is 11.2. The van der Waals surface area contributed by atoms with E-state index >= 15 is 0 Å². The van der Waals surface area contributed by atoms with Crippen molar-refractivity contribution in [2.75, 3.05) is 31.7 Å². The lowest BCUT2D eigenvalue weighted by Gasteiger charge is -2.27. The van der Waals surface area contributed by atoms with E-state index in [-0.39, 0.29) is 29.7 Å². The molecule has 0 unspecified atom stereocenters. The monoisotopic (exact) mass is 411 g/mol. The lowest BCUT2D eigenvalue weighted by atomic mass is 10.4. The van der Waals surface area contributed by atoms with Gasteiger partial charge in [-0.15, -0.1) is 24.0 Å². The van der Waals surface area contributed by atoms with Crippen molar-refractivity contribution in [1.29, 1.82) is 0 Å². The van der Waals surface area contributed by atoms with Gasteiger partial charge in [-0.2, -0.15) is 11.8 Å². The molecule has 1 fully saturated rings. The van der Waals surface area contributed by atoms with Crippen LogP contribution in [0.1, 0.15) is 16.3 Å². The Morgan fingerprint density at radius 2 is 2.20 bits per heavy atom. The molecule has 2 heterocycles. The van der Waals surface area contributed by atoms with Crippen molar-refractivity contribution < 1.29 is 13.9 Å². The summed E-state index contributed by atoms with van der Waals surface area (Å²) >= 11 is 1.92. The van der Waals surface area contributed by atoms with Crippen molar-refractivity contribution in [2.45, 2.75) is 6.54 Å². The molecule has 6 nitrogen and oxygen atoms in total. The van der Waals surface area contributed by atoms with Gasteiger partial charge in [0.1, 0.15) is 12.3 Å². The number of methoxy groups -OCH3 is 1. The predicted molar refractivity (Wildman–Crippen MR) is 89.7 cm³/mol. The molecule has 0 atom stereocenters. The van der Waals surface area contributed by atoms with Crippen molar-refractivity contribution in [3.05, 3.63) is 23.7 Å². The quantitative estimate of drug-likeness (QED) is 0.352. The lowest BCUT2D eigenvalue weighted by Crippen LogP contribution is -2.42. The minimum Gasteiger partial charge on any atom is -0.463 e. The average Bonchev–Trinajstić information content (AvgIpc) is 2.93. The molecule has 0 saturated carbocycles. The molecule has 0 spiro atoms. The second-order valence-corrected chi connectivity index (χ2v) is 5.26. The maximum Gasteiger partial charge on any atom is 0.373 e. The molecule has 2 rings (SSSR count). The minimum absolute atomic E-state index is 0. The van der Waals surface area contributed by atoms with E-state index in [9.17, 15) is 4.79 Å². The van der Waals surface area contributed by atoms with Crippen LogP contribution >= 0.6 is 35.7 Å². The molecule has 0 aromatic carbocycles. The molecule has 0 bridgehead atoms. The Hall–Kier alpha value is -0.900. The molecule has 1 aliphatic rings. The van der Waals surface area contributed by atoms with Crippen LogP contribution in [0.25, 0.3) is 0 Å². The smallest absolute Gasteiger partial charge is 0.373 e. The fourth-order valence-corrected chi connectivity index (χ4v) is 2.63. The summed E-state index contributed by atoms with van der Waals surface area (Å²) in [6.07, 6.45) is 0. The zero-order valence-corrected chi connectivity index (χ0v) is 14.4. The first-order chi connectivity index (χ1) is 9.20. The lowest BCUT2D eigenvalue weighted by molar-refractivity contribution is 0.0563. The third kappa shape index (κ3) is 4.58. The van der Waals surface area contributed by atoms with Crippen LogP contribution in [0.3, 0.4) is 0 Å². The molecular weight excluding hydrogens is 393 g/mol. The topological polar surface area (TPSA) is 81.1 Å². The van der Waals surface area contributed by atoms with Crippen molar-refractivity contribution in [3.63, 3.8) is 0 Å². The molecule has 112 valence electrons. The second kappa shape index (κ2) is 8.40. The van der Waals surface area contributed by atoms with Gasteiger partial charge in [0.15, 0.2) is 5.96 Å². The summed E-state index contributed by atoms with van der Waals surface area (Å²) in [6, 6.07) is 3.28. The number of carbonyl (C=O) groups excluding carboxylic acids is 1. The second-order valence-electron chi connectivity index (χ2n) is 4.03. The first-order valence-corrected chi connectivity index (χ1v) is 7.16. The van der Waals surface area contributed by atoms with E-state index in [1.807, 2.05) is 11.8 Å². The van der Waals surface area contributed by atoms with Crippen LogP contribution in [0.15, 0.2) is 21.5 Å². The van der Waals surface area contributed by atoms with Gasteiger partial charge in [-0.05, 0) is 12.1 Å². The Morgan fingerprint density at radius 3 is 2.85 bits per heavy atom. The first-order valence-electron chi connectivity index (χ1n) is 6.00. The standard InChI is InChI=1S/C12H17N3O3S.HI/c1-17-11(16)10-3-2-9(18-10)8-14-12(13)15-4-6-19-7-5-15;/h2-3H,4-8H2,1H3,(H2,13,14);1H. The minimum atomic E-state index is -0.490. The molecule has 2 N–H and O–H groups in total. The Kier molecular flexibility index (Phi) is 7.20. The van der Waals surface area contributed by atoms with Crippen LogP contribution < -0.4 is 5.73 Å². The number of hydrogen-bond donors (Lipinski definition) is 1. The van der Waals surface area contributed by atoms with Crippen molar-refractivity contribution >= 4 is 47.7 Å². The summed E-state index contributed by atoms with van der Waals surface area (Å²) < 4.78 is 9.88. The third-order valence-electron chi connectivity index (χ3n) is 2.78. The molecule has 8 heteroatoms. The Balaban J connectivity index is 0.00000200. The van der Waals surface area contributed by atoms with E-state index in [2.05, 4.69) is 14.6 Å². The number of esters is 1. The number of thioether (sulfide) groups is 1. The van der Waals surface area contributed by atoms with Gasteiger partial charge in [0, 0.05) is 24.6 Å². The fraction of sp³-hybridized carbons (Fsp3) is 0.500. The van der Waals surface area contributed by atoms with E-state index in [4.69, 9.17) is 10.2 Å². The summed E-state index contributed by atoms with van der Waals surface area (Å²) in [7, 11) is 1.31. The van der Waals surface area contributed by atoms with Crippen molar-refractivity contribution in [2.24, 2.45) is 10.7 Å². The summed E-state index contributed by atoms with van der Waals surface area (Å²) in [6.45, 7) is 2.17. The van der Waals surface area contributed by atoms with Gasteiger partial charge < -0.3 is 19.8 Å². The fourth-order valence-electron chi connectivity index (χ4n) is 1.72. The van der Waals surface area contributed by atoms with Crippen LogP contribution in [0.4, 0.5) is 0 Å². The van der Waals surface area contributed by atoms with Crippen LogP contribution in [0.2, 0.25) is 0 Å². The van der Waals surface area contributed by atoms with Gasteiger partial charge >= 0.3 is 5.97 Å². The number of carbonyl (C=O) groups is 1. The van der Waals surface area contributed by atoms with Crippen LogP contribution in [0.5, 0.6) is 0 Å². The van der Waals surface area contributed by atoms with Gasteiger partial charge in [0.05, 0.1) is 7.11 Å². The molecule has 1 aliphatic heterocycles. The Morgan fingerprint density at radius 1 is 1.50 bits per heavy atom. The van der Waals surface area contributed by atoms with Gasteiger partial charge in [0.25, 0.3) is 0 Å². The van der Waals surface area contributed by atoms with E-state index in [1.165, 1.54) is 7.11 Å². The van der Waals surface area contributed by atoms with Crippen molar-refractivity contribution in [3.8, 4) is 0 Å². The molecule has 0 radical (unpaired) electrons. The number of nitrogens with zero attached hydrogens (tertiary/aromatic N) is 2. The molecule has 1 saturated heterocycles. The van der Waals surface area contributed by atoms with Gasteiger partial charge in [-0.3, -0.25) is 0 Å². The highest BCUT2D eigenvalue weighted by atomic mass is 127. The maximum atomic E-state index is 11.2. The highest BCUT2D eigenvalue weighted by Crippen LogP contribution is 2.11. The maximum absolute atomic E-state index is 11.2. The average molecular weight is 411 g/mol. The number of aliphatic imine (C=N–C) groups is 1. The zero-order chi connectivity index (χ0) is 13.7. The number of ether oxygens (including phenoxy) is 1.